The lowest BCUT2D eigenvalue weighted by atomic mass is 9.97. The molecule has 6 heteroatoms. The molecule has 5 nitrogen and oxygen atoms in total. The normalized spacial score (nSPS) is 28.6. The van der Waals surface area contributed by atoms with Crippen molar-refractivity contribution >= 4 is 15.7 Å². The number of nitrogens with two attached hydrogens (primary N) is 1. The second kappa shape index (κ2) is 5.59. The van der Waals surface area contributed by atoms with Crippen molar-refractivity contribution in [3.05, 3.63) is 24.3 Å². The van der Waals surface area contributed by atoms with Gasteiger partial charge in [-0.25, -0.2) is 13.6 Å². The van der Waals surface area contributed by atoms with E-state index >= 15 is 0 Å². The SMILES string of the molecule is CCN(c1ccccc1S(N)(=O)=O)C1CC2CCC(C1)N2. The average Bonchev–Trinajstić information content (AvgIpc) is 2.78. The number of para-hydroxylation sites is 1. The molecule has 0 amide bonds. The minimum atomic E-state index is -3.70. The predicted octanol–water partition coefficient (Wildman–Crippen LogP) is 1.44. The number of anilines is 1. The monoisotopic (exact) mass is 309 g/mol. The number of hydrogen-bond acceptors (Lipinski definition) is 4. The fraction of sp³-hybridized carbons (Fsp3) is 0.600. The van der Waals surface area contributed by atoms with Crippen LogP contribution in [0.5, 0.6) is 0 Å². The third kappa shape index (κ3) is 2.93. The van der Waals surface area contributed by atoms with E-state index in [1.807, 2.05) is 12.1 Å². The number of sulfonamides is 1. The maximum absolute atomic E-state index is 11.8. The van der Waals surface area contributed by atoms with Crippen LogP contribution in [0.15, 0.2) is 29.2 Å². The molecular weight excluding hydrogens is 286 g/mol. The third-order valence-corrected chi connectivity index (χ3v) is 5.67. The quantitative estimate of drug-likeness (QED) is 0.882. The summed E-state index contributed by atoms with van der Waals surface area (Å²) in [4.78, 5) is 2.45. The molecule has 0 spiro atoms. The summed E-state index contributed by atoms with van der Waals surface area (Å²) in [7, 11) is -3.70. The average molecular weight is 309 g/mol. The van der Waals surface area contributed by atoms with Crippen LogP contribution >= 0.6 is 0 Å². The second-order valence-electron chi connectivity index (χ2n) is 6.06. The van der Waals surface area contributed by atoms with Gasteiger partial charge in [-0.3, -0.25) is 0 Å². The molecule has 1 aromatic carbocycles. The number of nitrogens with zero attached hydrogens (tertiary/aromatic N) is 1. The van der Waals surface area contributed by atoms with E-state index in [9.17, 15) is 8.42 Å². The Morgan fingerprint density at radius 1 is 1.24 bits per heavy atom. The van der Waals surface area contributed by atoms with E-state index in [1.54, 1.807) is 12.1 Å². The highest BCUT2D eigenvalue weighted by Gasteiger charge is 2.36. The lowest BCUT2D eigenvalue weighted by molar-refractivity contribution is 0.348. The van der Waals surface area contributed by atoms with Gasteiger partial charge in [-0.2, -0.15) is 0 Å². The van der Waals surface area contributed by atoms with Gasteiger partial charge in [-0.05, 0) is 44.7 Å². The first-order valence-electron chi connectivity index (χ1n) is 7.63. The maximum Gasteiger partial charge on any atom is 0.240 e. The summed E-state index contributed by atoms with van der Waals surface area (Å²) in [5.74, 6) is 0. The molecule has 2 heterocycles. The molecule has 2 bridgehead atoms. The molecule has 3 N–H and O–H groups in total. The van der Waals surface area contributed by atoms with Crippen LogP contribution in [0.3, 0.4) is 0 Å². The van der Waals surface area contributed by atoms with Gasteiger partial charge in [-0.1, -0.05) is 12.1 Å². The zero-order valence-corrected chi connectivity index (χ0v) is 13.1. The molecule has 2 atom stereocenters. The summed E-state index contributed by atoms with van der Waals surface area (Å²) in [6, 6.07) is 8.60. The molecule has 0 aliphatic carbocycles. The Balaban J connectivity index is 1.94. The van der Waals surface area contributed by atoms with Crippen molar-refractivity contribution in [3.8, 4) is 0 Å². The number of rotatable bonds is 4. The van der Waals surface area contributed by atoms with Gasteiger partial charge < -0.3 is 10.2 Å². The summed E-state index contributed by atoms with van der Waals surface area (Å²) >= 11 is 0. The van der Waals surface area contributed by atoms with E-state index in [0.29, 0.717) is 18.1 Å². The van der Waals surface area contributed by atoms with Crippen LogP contribution in [0.1, 0.15) is 32.6 Å². The Morgan fingerprint density at radius 3 is 2.43 bits per heavy atom. The molecular formula is C15H23N3O2S. The number of nitrogens with one attached hydrogen (secondary N) is 1. The van der Waals surface area contributed by atoms with Gasteiger partial charge in [-0.15, -0.1) is 0 Å². The molecule has 2 aliphatic heterocycles. The highest BCUT2D eigenvalue weighted by Crippen LogP contribution is 2.34. The Kier molecular flexibility index (Phi) is 3.94. The fourth-order valence-corrected chi connectivity index (χ4v) is 4.59. The van der Waals surface area contributed by atoms with Crippen LogP contribution in [-0.2, 0) is 10.0 Å². The van der Waals surface area contributed by atoms with E-state index in [2.05, 4.69) is 17.1 Å². The Labute approximate surface area is 126 Å². The predicted molar refractivity (Wildman–Crippen MR) is 83.8 cm³/mol. The minimum Gasteiger partial charge on any atom is -0.368 e. The number of fused-ring (bicyclic) bond motifs is 2. The van der Waals surface area contributed by atoms with Gasteiger partial charge in [0, 0.05) is 24.7 Å². The molecule has 2 fully saturated rings. The molecule has 21 heavy (non-hydrogen) atoms. The van der Waals surface area contributed by atoms with E-state index in [4.69, 9.17) is 5.14 Å². The van der Waals surface area contributed by atoms with Crippen LogP contribution in [0.25, 0.3) is 0 Å². The first-order valence-corrected chi connectivity index (χ1v) is 9.18. The first-order chi connectivity index (χ1) is 9.99. The highest BCUT2D eigenvalue weighted by molar-refractivity contribution is 7.89. The van der Waals surface area contributed by atoms with Gasteiger partial charge in [0.25, 0.3) is 0 Å². The number of piperidine rings is 1. The van der Waals surface area contributed by atoms with Crippen molar-refractivity contribution < 1.29 is 8.42 Å². The summed E-state index contributed by atoms with van der Waals surface area (Å²) in [6.45, 7) is 2.86. The molecule has 2 unspecified atom stereocenters. The van der Waals surface area contributed by atoms with Gasteiger partial charge in [0.2, 0.25) is 10.0 Å². The maximum atomic E-state index is 11.8. The van der Waals surface area contributed by atoms with Crippen molar-refractivity contribution in [2.45, 2.75) is 55.6 Å². The van der Waals surface area contributed by atoms with Gasteiger partial charge in [0.05, 0.1) is 5.69 Å². The molecule has 116 valence electrons. The first kappa shape index (κ1) is 14.8. The summed E-state index contributed by atoms with van der Waals surface area (Å²) in [5, 5.41) is 9.01. The minimum absolute atomic E-state index is 0.234. The summed E-state index contributed by atoms with van der Waals surface area (Å²) < 4.78 is 23.7. The van der Waals surface area contributed by atoms with Crippen LogP contribution in [0, 0.1) is 0 Å². The number of hydrogen-bond donors (Lipinski definition) is 2. The fourth-order valence-electron chi connectivity index (χ4n) is 3.84. The Morgan fingerprint density at radius 2 is 1.86 bits per heavy atom. The van der Waals surface area contributed by atoms with E-state index in [-0.39, 0.29) is 4.90 Å². The van der Waals surface area contributed by atoms with Crippen molar-refractivity contribution in [1.82, 2.24) is 5.32 Å². The number of primary sulfonamides is 1. The van der Waals surface area contributed by atoms with Crippen molar-refractivity contribution in [1.29, 1.82) is 0 Å². The zero-order valence-electron chi connectivity index (χ0n) is 12.3. The lowest BCUT2D eigenvalue weighted by Gasteiger charge is -2.39. The summed E-state index contributed by atoms with van der Waals surface area (Å²) in [6.07, 6.45) is 4.61. The van der Waals surface area contributed by atoms with Crippen molar-refractivity contribution in [2.75, 3.05) is 11.4 Å². The topological polar surface area (TPSA) is 75.4 Å². The Hall–Kier alpha value is -1.11. The van der Waals surface area contributed by atoms with Crippen LogP contribution < -0.4 is 15.4 Å². The Bertz CT molecular complexity index is 605. The zero-order chi connectivity index (χ0) is 15.0. The van der Waals surface area contributed by atoms with Gasteiger partial charge in [0.1, 0.15) is 4.90 Å². The molecule has 1 aromatic rings. The van der Waals surface area contributed by atoms with Crippen molar-refractivity contribution in [3.63, 3.8) is 0 Å². The molecule has 2 saturated heterocycles. The van der Waals surface area contributed by atoms with Crippen molar-refractivity contribution in [2.24, 2.45) is 5.14 Å². The molecule has 3 rings (SSSR count). The standard InChI is InChI=1S/C15H23N3O2S/c1-2-18(13-9-11-7-8-12(10-13)17-11)14-5-3-4-6-15(14)21(16,19)20/h3-6,11-13,17H,2,7-10H2,1H3,(H2,16,19,20). The highest BCUT2D eigenvalue weighted by atomic mass is 32.2. The van der Waals surface area contributed by atoms with Crippen LogP contribution in [0.4, 0.5) is 5.69 Å². The number of benzene rings is 1. The van der Waals surface area contributed by atoms with E-state index in [0.717, 1.165) is 25.1 Å². The van der Waals surface area contributed by atoms with Crippen LogP contribution in [0.2, 0.25) is 0 Å². The molecule has 2 aliphatic rings. The molecule has 0 radical (unpaired) electrons. The van der Waals surface area contributed by atoms with E-state index in [1.165, 1.54) is 12.8 Å². The summed E-state index contributed by atoms with van der Waals surface area (Å²) in [5.41, 5.74) is 0.744. The second-order valence-corrected chi connectivity index (χ2v) is 7.59. The lowest BCUT2D eigenvalue weighted by Crippen LogP contribution is -2.48. The van der Waals surface area contributed by atoms with E-state index < -0.39 is 10.0 Å². The van der Waals surface area contributed by atoms with Gasteiger partial charge in [0.15, 0.2) is 0 Å². The smallest absolute Gasteiger partial charge is 0.240 e. The molecule has 0 aromatic heterocycles. The third-order valence-electron chi connectivity index (χ3n) is 4.71. The largest absolute Gasteiger partial charge is 0.368 e. The van der Waals surface area contributed by atoms with Gasteiger partial charge >= 0.3 is 0 Å². The molecule has 0 saturated carbocycles. The van der Waals surface area contributed by atoms with Crippen LogP contribution in [-0.4, -0.2) is 33.1 Å².